The Morgan fingerprint density at radius 3 is 2.80 bits per heavy atom. The van der Waals surface area contributed by atoms with Gasteiger partial charge in [-0.25, -0.2) is 0 Å². The van der Waals surface area contributed by atoms with Gasteiger partial charge >= 0.3 is 0 Å². The van der Waals surface area contributed by atoms with E-state index in [1.54, 1.807) is 0 Å². The molecule has 112 valence electrons. The van der Waals surface area contributed by atoms with Crippen molar-refractivity contribution in [2.45, 2.75) is 45.6 Å². The van der Waals surface area contributed by atoms with Gasteiger partial charge in [0.1, 0.15) is 0 Å². The summed E-state index contributed by atoms with van der Waals surface area (Å²) >= 11 is 0. The number of carbonyl (C=O) groups excluding carboxylic acids is 1. The number of rotatable bonds is 7. The quantitative estimate of drug-likeness (QED) is 0.708. The van der Waals surface area contributed by atoms with Gasteiger partial charge in [0.25, 0.3) is 5.91 Å². The first kappa shape index (κ1) is 14.8. The minimum Gasteiger partial charge on any atom is -0.395 e. The number of anilines is 1. The van der Waals surface area contributed by atoms with E-state index in [2.05, 4.69) is 15.5 Å². The fourth-order valence-electron chi connectivity index (χ4n) is 2.10. The molecule has 0 aromatic carbocycles. The van der Waals surface area contributed by atoms with Crippen LogP contribution in [-0.4, -0.2) is 35.4 Å². The molecule has 1 fully saturated rings. The highest BCUT2D eigenvalue weighted by Crippen LogP contribution is 2.42. The predicted molar refractivity (Wildman–Crippen MR) is 77.6 cm³/mol. The minimum absolute atomic E-state index is 0.0390. The van der Waals surface area contributed by atoms with Gasteiger partial charge in [0.2, 0.25) is 0 Å². The molecular formula is C14H24N4O2. The average molecular weight is 280 g/mol. The fraction of sp³-hybridized carbons (Fsp3) is 0.714. The van der Waals surface area contributed by atoms with Crippen LogP contribution in [0, 0.1) is 5.92 Å². The number of amides is 1. The summed E-state index contributed by atoms with van der Waals surface area (Å²) in [6.45, 7) is 7.17. The van der Waals surface area contributed by atoms with Crippen LogP contribution in [0.1, 0.15) is 55.7 Å². The van der Waals surface area contributed by atoms with E-state index in [1.165, 1.54) is 0 Å². The van der Waals surface area contributed by atoms with E-state index in [4.69, 9.17) is 10.5 Å². The smallest absolute Gasteiger partial charge is 0.274 e. The molecule has 0 saturated heterocycles. The third-order valence-corrected chi connectivity index (χ3v) is 3.66. The lowest BCUT2D eigenvalue weighted by Crippen LogP contribution is -2.42. The van der Waals surface area contributed by atoms with Gasteiger partial charge in [-0.2, -0.15) is 5.10 Å². The second kappa shape index (κ2) is 6.26. The molecule has 1 atom stereocenters. The number of hydrogen-bond donors (Lipinski definition) is 3. The zero-order chi connectivity index (χ0) is 14.7. The number of carbonyl (C=O) groups is 1. The number of nitrogens with zero attached hydrogens (tertiary/aromatic N) is 1. The van der Waals surface area contributed by atoms with E-state index in [-0.39, 0.29) is 17.9 Å². The Morgan fingerprint density at radius 2 is 2.25 bits per heavy atom. The molecular weight excluding hydrogens is 256 g/mol. The van der Waals surface area contributed by atoms with Crippen molar-refractivity contribution < 1.29 is 9.53 Å². The van der Waals surface area contributed by atoms with E-state index < -0.39 is 0 Å². The standard InChI is InChI=1S/C14H24N4O2/c1-4-20-7-10(8(2)3)16-14(19)13-11(15)12(17-18-13)9-5-6-9/h8-10H,4-7,15H2,1-3H3,(H,16,19)(H,17,18). The number of nitrogens with one attached hydrogen (secondary N) is 2. The molecule has 6 nitrogen and oxygen atoms in total. The predicted octanol–water partition coefficient (Wildman–Crippen LogP) is 1.66. The number of aromatic nitrogens is 2. The minimum atomic E-state index is -0.232. The molecule has 1 saturated carbocycles. The van der Waals surface area contributed by atoms with Crippen molar-refractivity contribution in [2.24, 2.45) is 5.92 Å². The molecule has 1 aliphatic rings. The van der Waals surface area contributed by atoms with Crippen LogP contribution in [0.2, 0.25) is 0 Å². The Bertz CT molecular complexity index is 466. The second-order valence-corrected chi connectivity index (χ2v) is 5.66. The SMILES string of the molecule is CCOCC(NC(=O)c1n[nH]c(C2CC2)c1N)C(C)C. The summed E-state index contributed by atoms with van der Waals surface area (Å²) < 4.78 is 5.40. The van der Waals surface area contributed by atoms with Crippen molar-refractivity contribution in [1.82, 2.24) is 15.5 Å². The van der Waals surface area contributed by atoms with Crippen LogP contribution >= 0.6 is 0 Å². The summed E-state index contributed by atoms with van der Waals surface area (Å²) in [5.41, 5.74) is 7.70. The van der Waals surface area contributed by atoms with Gasteiger partial charge in [0.15, 0.2) is 5.69 Å². The fourth-order valence-corrected chi connectivity index (χ4v) is 2.10. The van der Waals surface area contributed by atoms with Crippen LogP contribution in [0.15, 0.2) is 0 Å². The normalized spacial score (nSPS) is 16.4. The lowest BCUT2D eigenvalue weighted by molar-refractivity contribution is 0.0802. The first-order valence-electron chi connectivity index (χ1n) is 7.26. The van der Waals surface area contributed by atoms with Crippen LogP contribution in [-0.2, 0) is 4.74 Å². The molecule has 1 heterocycles. The molecule has 1 aromatic heterocycles. The third kappa shape index (κ3) is 3.30. The number of aromatic amines is 1. The first-order chi connectivity index (χ1) is 9.54. The van der Waals surface area contributed by atoms with Crippen LogP contribution in [0.3, 0.4) is 0 Å². The van der Waals surface area contributed by atoms with Crippen molar-refractivity contribution in [2.75, 3.05) is 18.9 Å². The van der Waals surface area contributed by atoms with Crippen molar-refractivity contribution in [3.63, 3.8) is 0 Å². The van der Waals surface area contributed by atoms with Gasteiger partial charge in [0, 0.05) is 12.5 Å². The molecule has 0 aliphatic heterocycles. The van der Waals surface area contributed by atoms with Gasteiger partial charge in [-0.05, 0) is 25.7 Å². The number of ether oxygens (including phenoxy) is 1. The summed E-state index contributed by atoms with van der Waals surface area (Å²) in [7, 11) is 0. The number of hydrogen-bond acceptors (Lipinski definition) is 4. The number of H-pyrrole nitrogens is 1. The molecule has 1 amide bonds. The maximum Gasteiger partial charge on any atom is 0.274 e. The van der Waals surface area contributed by atoms with Crippen LogP contribution < -0.4 is 11.1 Å². The average Bonchev–Trinajstić information content (AvgIpc) is 3.17. The summed E-state index contributed by atoms with van der Waals surface area (Å²) in [6.07, 6.45) is 2.23. The molecule has 1 aromatic rings. The van der Waals surface area contributed by atoms with Crippen molar-refractivity contribution >= 4 is 11.6 Å². The largest absolute Gasteiger partial charge is 0.395 e. The monoisotopic (exact) mass is 280 g/mol. The van der Waals surface area contributed by atoms with Gasteiger partial charge in [0.05, 0.1) is 24.0 Å². The lowest BCUT2D eigenvalue weighted by Gasteiger charge is -2.21. The first-order valence-corrected chi connectivity index (χ1v) is 7.26. The van der Waals surface area contributed by atoms with Crippen LogP contribution in [0.5, 0.6) is 0 Å². The Labute approximate surface area is 119 Å². The van der Waals surface area contributed by atoms with Crippen molar-refractivity contribution in [3.8, 4) is 0 Å². The molecule has 0 spiro atoms. The molecule has 4 N–H and O–H groups in total. The van der Waals surface area contributed by atoms with Crippen LogP contribution in [0.25, 0.3) is 0 Å². The van der Waals surface area contributed by atoms with Gasteiger partial charge < -0.3 is 15.8 Å². The Morgan fingerprint density at radius 1 is 1.55 bits per heavy atom. The van der Waals surface area contributed by atoms with Gasteiger partial charge in [-0.3, -0.25) is 9.89 Å². The summed E-state index contributed by atoms with van der Waals surface area (Å²) in [4.78, 5) is 12.3. The summed E-state index contributed by atoms with van der Waals surface area (Å²) in [5, 5.41) is 9.92. The van der Waals surface area contributed by atoms with E-state index in [0.29, 0.717) is 30.5 Å². The lowest BCUT2D eigenvalue weighted by atomic mass is 10.1. The molecule has 0 bridgehead atoms. The second-order valence-electron chi connectivity index (χ2n) is 5.66. The third-order valence-electron chi connectivity index (χ3n) is 3.66. The number of nitrogens with two attached hydrogens (primary N) is 1. The zero-order valence-electron chi connectivity index (χ0n) is 12.4. The highest BCUT2D eigenvalue weighted by atomic mass is 16.5. The van der Waals surface area contributed by atoms with E-state index in [0.717, 1.165) is 18.5 Å². The Hall–Kier alpha value is -1.56. The van der Waals surface area contributed by atoms with Gasteiger partial charge in [-0.15, -0.1) is 0 Å². The highest BCUT2D eigenvalue weighted by Gasteiger charge is 2.30. The highest BCUT2D eigenvalue weighted by molar-refractivity contribution is 5.97. The van der Waals surface area contributed by atoms with Crippen molar-refractivity contribution in [3.05, 3.63) is 11.4 Å². The number of nitrogen functional groups attached to an aromatic ring is 1. The summed E-state index contributed by atoms with van der Waals surface area (Å²) in [5.74, 6) is 0.506. The molecule has 2 rings (SSSR count). The summed E-state index contributed by atoms with van der Waals surface area (Å²) in [6, 6.07) is -0.0390. The Kier molecular flexibility index (Phi) is 4.65. The van der Waals surface area contributed by atoms with E-state index in [9.17, 15) is 4.79 Å². The Balaban J connectivity index is 2.02. The maximum atomic E-state index is 12.3. The van der Waals surface area contributed by atoms with Crippen LogP contribution in [0.4, 0.5) is 5.69 Å². The van der Waals surface area contributed by atoms with E-state index >= 15 is 0 Å². The van der Waals surface area contributed by atoms with Gasteiger partial charge in [-0.1, -0.05) is 13.8 Å². The maximum absolute atomic E-state index is 12.3. The zero-order valence-corrected chi connectivity index (χ0v) is 12.4. The molecule has 20 heavy (non-hydrogen) atoms. The molecule has 1 aliphatic carbocycles. The molecule has 1 unspecified atom stereocenters. The van der Waals surface area contributed by atoms with E-state index in [1.807, 2.05) is 20.8 Å². The molecule has 6 heteroatoms. The topological polar surface area (TPSA) is 93.0 Å². The molecule has 0 radical (unpaired) electrons. The van der Waals surface area contributed by atoms with Crippen molar-refractivity contribution in [1.29, 1.82) is 0 Å².